The van der Waals surface area contributed by atoms with Crippen LogP contribution in [0.2, 0.25) is 0 Å². The zero-order chi connectivity index (χ0) is 23.6. The van der Waals surface area contributed by atoms with Crippen molar-refractivity contribution < 1.29 is 24.2 Å². The molecule has 2 aromatic carbocycles. The van der Waals surface area contributed by atoms with Crippen molar-refractivity contribution >= 4 is 23.1 Å². The van der Waals surface area contributed by atoms with Crippen LogP contribution in [-0.2, 0) is 16.1 Å². The Morgan fingerprint density at radius 2 is 2.03 bits per heavy atom. The summed E-state index contributed by atoms with van der Waals surface area (Å²) < 4.78 is 17.4. The molecule has 0 radical (unpaired) electrons. The number of rotatable bonds is 11. The lowest BCUT2D eigenvalue weighted by molar-refractivity contribution is -0.143. The molecule has 0 spiro atoms. The maximum atomic E-state index is 12.0. The van der Waals surface area contributed by atoms with Gasteiger partial charge < -0.3 is 25.2 Å². The van der Waals surface area contributed by atoms with E-state index in [1.54, 1.807) is 36.5 Å². The van der Waals surface area contributed by atoms with E-state index in [9.17, 15) is 10.0 Å². The number of esters is 1. The SMILES string of the molecule is CCOC(=O)CCC(Oc1cc(OCc2ccsc2)ccc1C(N)=NO)c1ccccc1C. The molecule has 0 saturated heterocycles. The minimum Gasteiger partial charge on any atom is -0.489 e. The van der Waals surface area contributed by atoms with Crippen molar-refractivity contribution in [2.24, 2.45) is 10.9 Å². The summed E-state index contributed by atoms with van der Waals surface area (Å²) >= 11 is 1.60. The standard InChI is InChI=1S/C25H28N2O5S/c1-3-30-24(28)11-10-22(20-7-5-4-6-17(20)2)32-23-14-19(8-9-21(23)25(26)27-29)31-15-18-12-13-33-16-18/h4-9,12-14,16,22,29H,3,10-11,15H2,1-2H3,(H2,26,27). The Labute approximate surface area is 197 Å². The van der Waals surface area contributed by atoms with Crippen LogP contribution in [0.1, 0.15) is 48.1 Å². The van der Waals surface area contributed by atoms with E-state index >= 15 is 0 Å². The van der Waals surface area contributed by atoms with Crippen LogP contribution in [0.25, 0.3) is 0 Å². The second-order valence-corrected chi connectivity index (χ2v) is 8.15. The van der Waals surface area contributed by atoms with Crippen LogP contribution in [0.3, 0.4) is 0 Å². The fourth-order valence-electron chi connectivity index (χ4n) is 3.36. The maximum Gasteiger partial charge on any atom is 0.305 e. The van der Waals surface area contributed by atoms with E-state index in [2.05, 4.69) is 5.16 Å². The molecule has 174 valence electrons. The minimum absolute atomic E-state index is 0.0803. The lowest BCUT2D eigenvalue weighted by atomic mass is 9.99. The number of amidine groups is 1. The average Bonchev–Trinajstić information content (AvgIpc) is 3.34. The Bertz CT molecular complexity index is 1080. The summed E-state index contributed by atoms with van der Waals surface area (Å²) in [5.74, 6) is 0.609. The van der Waals surface area contributed by atoms with Crippen molar-refractivity contribution in [2.45, 2.75) is 39.4 Å². The van der Waals surface area contributed by atoms with Gasteiger partial charge in [-0.2, -0.15) is 11.3 Å². The molecule has 1 unspecified atom stereocenters. The van der Waals surface area contributed by atoms with Gasteiger partial charge in [-0.05, 0) is 65.9 Å². The van der Waals surface area contributed by atoms with Crippen LogP contribution >= 0.6 is 11.3 Å². The summed E-state index contributed by atoms with van der Waals surface area (Å²) in [5.41, 5.74) is 9.37. The molecule has 33 heavy (non-hydrogen) atoms. The Morgan fingerprint density at radius 1 is 1.21 bits per heavy atom. The second-order valence-electron chi connectivity index (χ2n) is 7.37. The molecule has 0 amide bonds. The molecule has 0 saturated carbocycles. The van der Waals surface area contributed by atoms with Crippen molar-refractivity contribution in [3.05, 3.63) is 81.5 Å². The molecule has 1 aromatic heterocycles. The van der Waals surface area contributed by atoms with Crippen LogP contribution in [0.15, 0.2) is 64.4 Å². The van der Waals surface area contributed by atoms with E-state index in [0.29, 0.717) is 36.7 Å². The third kappa shape index (κ3) is 6.73. The van der Waals surface area contributed by atoms with E-state index < -0.39 is 6.10 Å². The number of nitrogens with two attached hydrogens (primary N) is 1. The first kappa shape index (κ1) is 24.1. The number of carbonyl (C=O) groups is 1. The summed E-state index contributed by atoms with van der Waals surface area (Å²) in [5, 5.41) is 16.4. The van der Waals surface area contributed by atoms with Gasteiger partial charge in [0.2, 0.25) is 0 Å². The Kier molecular flexibility index (Phi) is 8.71. The number of ether oxygens (including phenoxy) is 3. The molecule has 3 aromatic rings. The summed E-state index contributed by atoms with van der Waals surface area (Å²) in [6.45, 7) is 4.50. The van der Waals surface area contributed by atoms with E-state index in [1.165, 1.54) is 0 Å². The van der Waals surface area contributed by atoms with Crippen LogP contribution in [0, 0.1) is 6.92 Å². The van der Waals surface area contributed by atoms with Crippen LogP contribution < -0.4 is 15.2 Å². The number of benzene rings is 2. The third-order valence-corrected chi connectivity index (χ3v) is 5.77. The first-order valence-corrected chi connectivity index (χ1v) is 11.6. The third-order valence-electron chi connectivity index (χ3n) is 5.04. The molecule has 3 N–H and O–H groups in total. The first-order valence-electron chi connectivity index (χ1n) is 10.7. The number of hydrogen-bond donors (Lipinski definition) is 2. The molecule has 1 atom stereocenters. The number of aryl methyl sites for hydroxylation is 1. The molecule has 3 rings (SSSR count). The second kappa shape index (κ2) is 11.9. The summed E-state index contributed by atoms with van der Waals surface area (Å²) in [7, 11) is 0. The van der Waals surface area contributed by atoms with Crippen LogP contribution in [-0.4, -0.2) is 23.6 Å². The van der Waals surface area contributed by atoms with Gasteiger partial charge in [-0.25, -0.2) is 0 Å². The number of nitrogens with zero attached hydrogens (tertiary/aromatic N) is 1. The molecule has 0 aliphatic heterocycles. The van der Waals surface area contributed by atoms with Gasteiger partial charge in [0.25, 0.3) is 0 Å². The van der Waals surface area contributed by atoms with Gasteiger partial charge in [-0.1, -0.05) is 29.4 Å². The Balaban J connectivity index is 1.90. The van der Waals surface area contributed by atoms with E-state index in [0.717, 1.165) is 16.7 Å². The number of thiophene rings is 1. The quantitative estimate of drug-likeness (QED) is 0.132. The predicted molar refractivity (Wildman–Crippen MR) is 128 cm³/mol. The van der Waals surface area contributed by atoms with Gasteiger partial charge in [0, 0.05) is 12.5 Å². The molecular weight excluding hydrogens is 440 g/mol. The van der Waals surface area contributed by atoms with Gasteiger partial charge in [0.15, 0.2) is 5.84 Å². The zero-order valence-corrected chi connectivity index (χ0v) is 19.5. The Hall–Kier alpha value is -3.52. The highest BCUT2D eigenvalue weighted by Crippen LogP contribution is 2.33. The summed E-state index contributed by atoms with van der Waals surface area (Å²) in [6.07, 6.45) is 0.146. The molecule has 1 heterocycles. The van der Waals surface area contributed by atoms with Crippen LogP contribution in [0.5, 0.6) is 11.5 Å². The van der Waals surface area contributed by atoms with Gasteiger partial charge in [0.1, 0.15) is 24.2 Å². The highest BCUT2D eigenvalue weighted by atomic mass is 32.1. The molecule has 0 aliphatic carbocycles. The van der Waals surface area contributed by atoms with Gasteiger partial charge in [-0.3, -0.25) is 4.79 Å². The molecule has 0 fully saturated rings. The minimum atomic E-state index is -0.451. The zero-order valence-electron chi connectivity index (χ0n) is 18.7. The van der Waals surface area contributed by atoms with Crippen molar-refractivity contribution in [2.75, 3.05) is 6.61 Å². The molecule has 8 heteroatoms. The summed E-state index contributed by atoms with van der Waals surface area (Å²) in [6, 6.07) is 15.0. The normalized spacial score (nSPS) is 12.2. The topological polar surface area (TPSA) is 103 Å². The predicted octanol–water partition coefficient (Wildman–Crippen LogP) is 5.19. The van der Waals surface area contributed by atoms with Crippen molar-refractivity contribution in [1.29, 1.82) is 0 Å². The largest absolute Gasteiger partial charge is 0.489 e. The highest BCUT2D eigenvalue weighted by Gasteiger charge is 2.21. The molecule has 0 bridgehead atoms. The smallest absolute Gasteiger partial charge is 0.305 e. The van der Waals surface area contributed by atoms with Crippen molar-refractivity contribution in [1.82, 2.24) is 0 Å². The Morgan fingerprint density at radius 3 is 2.73 bits per heavy atom. The maximum absolute atomic E-state index is 12.0. The lowest BCUT2D eigenvalue weighted by Gasteiger charge is -2.23. The molecule has 0 aliphatic rings. The molecular formula is C25H28N2O5S. The van der Waals surface area contributed by atoms with E-state index in [-0.39, 0.29) is 18.2 Å². The highest BCUT2D eigenvalue weighted by molar-refractivity contribution is 7.07. The van der Waals surface area contributed by atoms with Gasteiger partial charge in [-0.15, -0.1) is 0 Å². The lowest BCUT2D eigenvalue weighted by Crippen LogP contribution is -2.18. The van der Waals surface area contributed by atoms with E-state index in [1.807, 2.05) is 48.0 Å². The summed E-state index contributed by atoms with van der Waals surface area (Å²) in [4.78, 5) is 12.0. The molecule has 7 nitrogen and oxygen atoms in total. The van der Waals surface area contributed by atoms with Gasteiger partial charge >= 0.3 is 5.97 Å². The fraction of sp³-hybridized carbons (Fsp3) is 0.280. The monoisotopic (exact) mass is 468 g/mol. The van der Waals surface area contributed by atoms with Gasteiger partial charge in [0.05, 0.1) is 12.2 Å². The van der Waals surface area contributed by atoms with Crippen molar-refractivity contribution in [3.63, 3.8) is 0 Å². The van der Waals surface area contributed by atoms with E-state index in [4.69, 9.17) is 19.9 Å². The number of hydrogen-bond acceptors (Lipinski definition) is 7. The first-order chi connectivity index (χ1) is 16.0. The van der Waals surface area contributed by atoms with Crippen molar-refractivity contribution in [3.8, 4) is 11.5 Å². The number of carbonyl (C=O) groups excluding carboxylic acids is 1. The number of oxime groups is 1. The average molecular weight is 469 g/mol. The van der Waals surface area contributed by atoms with Crippen LogP contribution in [0.4, 0.5) is 0 Å². The fourth-order valence-corrected chi connectivity index (χ4v) is 4.01.